The quantitative estimate of drug-likeness (QED) is 0.917. The van der Waals surface area contributed by atoms with Crippen molar-refractivity contribution in [2.24, 2.45) is 5.73 Å². The second-order valence-electron chi connectivity index (χ2n) is 5.76. The predicted molar refractivity (Wildman–Crippen MR) is 82.5 cm³/mol. The molecule has 2 unspecified atom stereocenters. The van der Waals surface area contributed by atoms with Crippen LogP contribution in [0.15, 0.2) is 30.3 Å². The van der Waals surface area contributed by atoms with Crippen molar-refractivity contribution in [1.29, 1.82) is 0 Å². The van der Waals surface area contributed by atoms with E-state index in [2.05, 4.69) is 37.3 Å². The lowest BCUT2D eigenvalue weighted by Gasteiger charge is -2.24. The number of carbonyl (C=O) groups excluding carboxylic acids is 1. The van der Waals surface area contributed by atoms with Gasteiger partial charge in [0.15, 0.2) is 0 Å². The number of amides is 1. The largest absolute Gasteiger partial charge is 0.341 e. The Labute approximate surface area is 122 Å². The van der Waals surface area contributed by atoms with E-state index in [4.69, 9.17) is 5.73 Å². The molecular formula is C17H26N2O. The molecule has 1 amide bonds. The second kappa shape index (κ2) is 7.44. The van der Waals surface area contributed by atoms with Crippen molar-refractivity contribution in [3.8, 4) is 0 Å². The number of nitrogens with two attached hydrogens (primary N) is 1. The Morgan fingerprint density at radius 1 is 1.30 bits per heavy atom. The molecule has 3 heteroatoms. The van der Waals surface area contributed by atoms with Crippen LogP contribution >= 0.6 is 0 Å². The second-order valence-corrected chi connectivity index (χ2v) is 5.76. The topological polar surface area (TPSA) is 46.3 Å². The molecule has 20 heavy (non-hydrogen) atoms. The van der Waals surface area contributed by atoms with Gasteiger partial charge in [0, 0.05) is 13.1 Å². The summed E-state index contributed by atoms with van der Waals surface area (Å²) < 4.78 is 0. The number of likely N-dealkylation sites (tertiary alicyclic amines) is 1. The van der Waals surface area contributed by atoms with Crippen molar-refractivity contribution < 1.29 is 4.79 Å². The summed E-state index contributed by atoms with van der Waals surface area (Å²) in [6, 6.07) is 10.3. The fourth-order valence-corrected chi connectivity index (χ4v) is 3.04. The highest BCUT2D eigenvalue weighted by Crippen LogP contribution is 2.28. The van der Waals surface area contributed by atoms with Crippen LogP contribution in [0.5, 0.6) is 0 Å². The summed E-state index contributed by atoms with van der Waals surface area (Å²) in [4.78, 5) is 14.3. The maximum atomic E-state index is 12.3. The lowest BCUT2D eigenvalue weighted by Crippen LogP contribution is -2.44. The Balaban J connectivity index is 1.94. The standard InChI is InChI=1S/C17H26N2O/c1-2-7-16(18)17(20)19-12-6-10-15(11-13-19)14-8-4-3-5-9-14/h3-5,8-9,15-16H,2,6-7,10-13,18H2,1H3. The summed E-state index contributed by atoms with van der Waals surface area (Å²) in [6.07, 6.45) is 5.04. The molecule has 0 spiro atoms. The average molecular weight is 274 g/mol. The Bertz CT molecular complexity index is 418. The van der Waals surface area contributed by atoms with Crippen LogP contribution in [-0.4, -0.2) is 29.9 Å². The van der Waals surface area contributed by atoms with Gasteiger partial charge in [-0.05, 0) is 37.2 Å². The molecule has 1 saturated heterocycles. The summed E-state index contributed by atoms with van der Waals surface area (Å²) in [5.41, 5.74) is 7.37. The van der Waals surface area contributed by atoms with Crippen molar-refractivity contribution in [3.63, 3.8) is 0 Å². The lowest BCUT2D eigenvalue weighted by atomic mass is 9.92. The molecule has 110 valence electrons. The van der Waals surface area contributed by atoms with Gasteiger partial charge in [0.2, 0.25) is 5.91 Å². The van der Waals surface area contributed by atoms with Crippen LogP contribution in [0.3, 0.4) is 0 Å². The molecular weight excluding hydrogens is 248 g/mol. The molecule has 2 N–H and O–H groups in total. The van der Waals surface area contributed by atoms with E-state index in [0.29, 0.717) is 5.92 Å². The first-order valence-electron chi connectivity index (χ1n) is 7.81. The fraction of sp³-hybridized carbons (Fsp3) is 0.588. The van der Waals surface area contributed by atoms with Crippen molar-refractivity contribution >= 4 is 5.91 Å². The van der Waals surface area contributed by atoms with Gasteiger partial charge in [-0.3, -0.25) is 4.79 Å². The highest BCUT2D eigenvalue weighted by atomic mass is 16.2. The normalized spacial score (nSPS) is 21.3. The van der Waals surface area contributed by atoms with Crippen molar-refractivity contribution in [2.75, 3.05) is 13.1 Å². The lowest BCUT2D eigenvalue weighted by molar-refractivity contribution is -0.132. The molecule has 3 nitrogen and oxygen atoms in total. The molecule has 0 bridgehead atoms. The molecule has 1 aromatic rings. The molecule has 1 fully saturated rings. The molecule has 1 heterocycles. The Kier molecular flexibility index (Phi) is 5.60. The van der Waals surface area contributed by atoms with E-state index in [1.54, 1.807) is 0 Å². The molecule has 0 radical (unpaired) electrons. The van der Waals surface area contributed by atoms with Crippen LogP contribution in [0, 0.1) is 0 Å². The Morgan fingerprint density at radius 2 is 2.05 bits per heavy atom. The fourth-order valence-electron chi connectivity index (χ4n) is 3.04. The molecule has 0 aromatic heterocycles. The highest BCUT2D eigenvalue weighted by molar-refractivity contribution is 5.81. The summed E-state index contributed by atoms with van der Waals surface area (Å²) in [6.45, 7) is 3.77. The minimum atomic E-state index is -0.312. The molecule has 0 saturated carbocycles. The molecule has 1 aromatic carbocycles. The summed E-state index contributed by atoms with van der Waals surface area (Å²) in [5, 5.41) is 0. The first-order valence-corrected chi connectivity index (χ1v) is 7.81. The van der Waals surface area contributed by atoms with Gasteiger partial charge in [0.05, 0.1) is 6.04 Å². The summed E-state index contributed by atoms with van der Waals surface area (Å²) in [7, 11) is 0. The van der Waals surface area contributed by atoms with Gasteiger partial charge in [-0.1, -0.05) is 43.7 Å². The van der Waals surface area contributed by atoms with E-state index in [1.165, 1.54) is 5.56 Å². The van der Waals surface area contributed by atoms with Gasteiger partial charge in [-0.15, -0.1) is 0 Å². The average Bonchev–Trinajstić information content (AvgIpc) is 2.73. The smallest absolute Gasteiger partial charge is 0.239 e. The van der Waals surface area contributed by atoms with Gasteiger partial charge in [0.25, 0.3) is 0 Å². The van der Waals surface area contributed by atoms with Gasteiger partial charge >= 0.3 is 0 Å². The van der Waals surface area contributed by atoms with Crippen LogP contribution in [0.2, 0.25) is 0 Å². The van der Waals surface area contributed by atoms with Gasteiger partial charge in [-0.2, -0.15) is 0 Å². The number of hydrogen-bond acceptors (Lipinski definition) is 2. The number of nitrogens with zero attached hydrogens (tertiary/aromatic N) is 1. The van der Waals surface area contributed by atoms with E-state index in [0.717, 1.165) is 45.2 Å². The molecule has 2 atom stereocenters. The maximum Gasteiger partial charge on any atom is 0.239 e. The third-order valence-corrected chi connectivity index (χ3v) is 4.23. The Morgan fingerprint density at radius 3 is 2.75 bits per heavy atom. The number of carbonyl (C=O) groups is 1. The first kappa shape index (κ1) is 15.0. The zero-order valence-corrected chi connectivity index (χ0v) is 12.4. The van der Waals surface area contributed by atoms with Crippen LogP contribution < -0.4 is 5.73 Å². The van der Waals surface area contributed by atoms with E-state index >= 15 is 0 Å². The SMILES string of the molecule is CCCC(N)C(=O)N1CCCC(c2ccccc2)CC1. The van der Waals surface area contributed by atoms with E-state index in [9.17, 15) is 4.79 Å². The van der Waals surface area contributed by atoms with Gasteiger partial charge < -0.3 is 10.6 Å². The van der Waals surface area contributed by atoms with E-state index in [-0.39, 0.29) is 11.9 Å². The third kappa shape index (κ3) is 3.83. The first-order chi connectivity index (χ1) is 9.72. The van der Waals surface area contributed by atoms with Gasteiger partial charge in [-0.25, -0.2) is 0 Å². The minimum absolute atomic E-state index is 0.139. The van der Waals surface area contributed by atoms with Gasteiger partial charge in [0.1, 0.15) is 0 Å². The van der Waals surface area contributed by atoms with Crippen molar-refractivity contribution in [1.82, 2.24) is 4.90 Å². The predicted octanol–water partition coefficient (Wildman–Crippen LogP) is 2.91. The third-order valence-electron chi connectivity index (χ3n) is 4.23. The van der Waals surface area contributed by atoms with E-state index in [1.807, 2.05) is 4.90 Å². The summed E-state index contributed by atoms with van der Waals surface area (Å²) in [5.74, 6) is 0.719. The van der Waals surface area contributed by atoms with Crippen molar-refractivity contribution in [3.05, 3.63) is 35.9 Å². The van der Waals surface area contributed by atoms with Crippen LogP contribution in [0.25, 0.3) is 0 Å². The molecule has 0 aliphatic carbocycles. The van der Waals surface area contributed by atoms with E-state index < -0.39 is 0 Å². The van der Waals surface area contributed by atoms with Crippen molar-refractivity contribution in [2.45, 2.75) is 51.0 Å². The maximum absolute atomic E-state index is 12.3. The monoisotopic (exact) mass is 274 g/mol. The van der Waals surface area contributed by atoms with Crippen LogP contribution in [0.1, 0.15) is 50.5 Å². The molecule has 1 aliphatic heterocycles. The zero-order valence-electron chi connectivity index (χ0n) is 12.4. The Hall–Kier alpha value is -1.35. The van der Waals surface area contributed by atoms with Crippen LogP contribution in [-0.2, 0) is 4.79 Å². The number of hydrogen-bond donors (Lipinski definition) is 1. The molecule has 1 aliphatic rings. The summed E-state index contributed by atoms with van der Waals surface area (Å²) >= 11 is 0. The minimum Gasteiger partial charge on any atom is -0.341 e. The number of benzene rings is 1. The number of rotatable bonds is 4. The molecule has 2 rings (SSSR count). The zero-order chi connectivity index (χ0) is 14.4. The van der Waals surface area contributed by atoms with Crippen LogP contribution in [0.4, 0.5) is 0 Å². The highest BCUT2D eigenvalue weighted by Gasteiger charge is 2.24.